The van der Waals surface area contributed by atoms with Crippen LogP contribution in [0.3, 0.4) is 0 Å². The minimum atomic E-state index is 0.265. The Morgan fingerprint density at radius 3 is 2.70 bits per heavy atom. The van der Waals surface area contributed by atoms with E-state index in [0.29, 0.717) is 17.6 Å². The van der Waals surface area contributed by atoms with Gasteiger partial charge in [0.05, 0.1) is 0 Å². The summed E-state index contributed by atoms with van der Waals surface area (Å²) in [5, 5.41) is 14.0. The predicted molar refractivity (Wildman–Crippen MR) is 82.2 cm³/mol. The van der Waals surface area contributed by atoms with E-state index < -0.39 is 0 Å². The van der Waals surface area contributed by atoms with E-state index in [1.54, 1.807) is 12.1 Å². The average molecular weight is 288 g/mol. The third-order valence-electron chi connectivity index (χ3n) is 4.01. The minimum absolute atomic E-state index is 0.265. The van der Waals surface area contributed by atoms with Crippen molar-refractivity contribution in [3.63, 3.8) is 0 Å². The first kappa shape index (κ1) is 13.5. The molecular weight excluding hydrogens is 270 g/mol. The molecular formula is C17H18ClNO. The van der Waals surface area contributed by atoms with Crippen molar-refractivity contribution in [2.45, 2.75) is 31.8 Å². The van der Waals surface area contributed by atoms with Gasteiger partial charge in [0, 0.05) is 23.2 Å². The average Bonchev–Trinajstić information content (AvgIpc) is 2.46. The van der Waals surface area contributed by atoms with Crippen molar-refractivity contribution in [1.82, 2.24) is 5.32 Å². The molecule has 20 heavy (non-hydrogen) atoms. The molecule has 2 N–H and O–H groups in total. The van der Waals surface area contributed by atoms with Crippen LogP contribution >= 0.6 is 11.6 Å². The van der Waals surface area contributed by atoms with Gasteiger partial charge in [0.2, 0.25) is 0 Å². The monoisotopic (exact) mass is 287 g/mol. The fourth-order valence-corrected chi connectivity index (χ4v) is 3.08. The fourth-order valence-electron chi connectivity index (χ4n) is 2.84. The molecule has 1 aliphatic rings. The van der Waals surface area contributed by atoms with Crippen LogP contribution in [0.15, 0.2) is 42.5 Å². The molecule has 104 valence electrons. The van der Waals surface area contributed by atoms with Crippen LogP contribution in [-0.4, -0.2) is 11.1 Å². The Bertz CT molecular complexity index is 591. The zero-order valence-electron chi connectivity index (χ0n) is 11.3. The van der Waals surface area contributed by atoms with E-state index in [1.807, 2.05) is 6.07 Å². The van der Waals surface area contributed by atoms with Crippen LogP contribution in [0.4, 0.5) is 0 Å². The van der Waals surface area contributed by atoms with Crippen LogP contribution in [0, 0.1) is 0 Å². The van der Waals surface area contributed by atoms with Gasteiger partial charge >= 0.3 is 0 Å². The summed E-state index contributed by atoms with van der Waals surface area (Å²) in [6.45, 7) is 0.609. The molecule has 0 saturated carbocycles. The van der Waals surface area contributed by atoms with Gasteiger partial charge in [-0.05, 0) is 42.5 Å². The summed E-state index contributed by atoms with van der Waals surface area (Å²) >= 11 is 6.13. The molecule has 2 nitrogen and oxygen atoms in total. The number of hydrogen-bond acceptors (Lipinski definition) is 2. The van der Waals surface area contributed by atoms with Crippen molar-refractivity contribution >= 4 is 11.6 Å². The number of nitrogens with one attached hydrogen (secondary N) is 1. The van der Waals surface area contributed by atoms with E-state index >= 15 is 0 Å². The van der Waals surface area contributed by atoms with E-state index in [-0.39, 0.29) is 5.75 Å². The van der Waals surface area contributed by atoms with Gasteiger partial charge in [-0.25, -0.2) is 0 Å². The number of benzene rings is 2. The number of fused-ring (bicyclic) bond motifs is 1. The lowest BCUT2D eigenvalue weighted by Gasteiger charge is -2.26. The maximum absolute atomic E-state index is 9.85. The van der Waals surface area contributed by atoms with Gasteiger partial charge in [-0.1, -0.05) is 41.9 Å². The Balaban J connectivity index is 1.66. The molecule has 3 rings (SSSR count). The first-order chi connectivity index (χ1) is 9.74. The number of rotatable bonds is 3. The van der Waals surface area contributed by atoms with Gasteiger partial charge in [-0.15, -0.1) is 0 Å². The molecule has 0 aromatic heterocycles. The van der Waals surface area contributed by atoms with Crippen LogP contribution in [0.2, 0.25) is 5.02 Å². The van der Waals surface area contributed by atoms with Crippen molar-refractivity contribution in [1.29, 1.82) is 0 Å². The Labute approximate surface area is 124 Å². The standard InChI is InChI=1S/C17H18ClNO/c18-16-6-3-7-17(20)15(16)11-19-14-9-8-12-4-1-2-5-13(12)10-14/h1-7,14,19-20H,8-11H2. The molecule has 3 heteroatoms. The number of halogens is 1. The van der Waals surface area contributed by atoms with Crippen LogP contribution in [0.25, 0.3) is 0 Å². The molecule has 0 heterocycles. The second-order valence-electron chi connectivity index (χ2n) is 5.33. The second-order valence-corrected chi connectivity index (χ2v) is 5.73. The summed E-state index contributed by atoms with van der Waals surface area (Å²) in [6.07, 6.45) is 3.28. The lowest BCUT2D eigenvalue weighted by atomic mass is 9.88. The molecule has 1 aliphatic carbocycles. The SMILES string of the molecule is Oc1cccc(Cl)c1CNC1CCc2ccccc2C1. The molecule has 0 aliphatic heterocycles. The lowest BCUT2D eigenvalue weighted by Crippen LogP contribution is -2.34. The first-order valence-electron chi connectivity index (χ1n) is 7.00. The number of aromatic hydroxyl groups is 1. The van der Waals surface area contributed by atoms with Crippen molar-refractivity contribution in [3.8, 4) is 5.75 Å². The molecule has 0 amide bonds. The maximum Gasteiger partial charge on any atom is 0.121 e. The number of hydrogen-bond donors (Lipinski definition) is 2. The second kappa shape index (κ2) is 5.86. The maximum atomic E-state index is 9.85. The predicted octanol–water partition coefficient (Wildman–Crippen LogP) is 3.69. The Hall–Kier alpha value is -1.51. The van der Waals surface area contributed by atoms with Gasteiger partial charge in [-0.2, -0.15) is 0 Å². The fraction of sp³-hybridized carbons (Fsp3) is 0.294. The quantitative estimate of drug-likeness (QED) is 0.902. The van der Waals surface area contributed by atoms with Crippen molar-refractivity contribution in [2.75, 3.05) is 0 Å². The highest BCUT2D eigenvalue weighted by Gasteiger charge is 2.18. The molecule has 0 radical (unpaired) electrons. The third kappa shape index (κ3) is 2.82. The highest BCUT2D eigenvalue weighted by Crippen LogP contribution is 2.26. The summed E-state index contributed by atoms with van der Waals surface area (Å²) in [5.41, 5.74) is 3.68. The van der Waals surface area contributed by atoms with E-state index in [9.17, 15) is 5.11 Å². The zero-order chi connectivity index (χ0) is 13.9. The summed E-state index contributed by atoms with van der Waals surface area (Å²) in [5.74, 6) is 0.265. The molecule has 1 atom stereocenters. The Morgan fingerprint density at radius 1 is 1.10 bits per heavy atom. The van der Waals surface area contributed by atoms with Gasteiger partial charge in [0.1, 0.15) is 5.75 Å². The Kier molecular flexibility index (Phi) is 3.95. The Morgan fingerprint density at radius 2 is 1.90 bits per heavy atom. The lowest BCUT2D eigenvalue weighted by molar-refractivity contribution is 0.437. The normalized spacial score (nSPS) is 17.8. The molecule has 1 unspecified atom stereocenters. The first-order valence-corrected chi connectivity index (χ1v) is 7.38. The number of phenols is 1. The van der Waals surface area contributed by atoms with Crippen LogP contribution < -0.4 is 5.32 Å². The number of aryl methyl sites for hydroxylation is 1. The highest BCUT2D eigenvalue weighted by atomic mass is 35.5. The van der Waals surface area contributed by atoms with E-state index in [0.717, 1.165) is 24.8 Å². The summed E-state index contributed by atoms with van der Waals surface area (Å²) in [4.78, 5) is 0. The molecule has 0 saturated heterocycles. The molecule has 0 bridgehead atoms. The summed E-state index contributed by atoms with van der Waals surface area (Å²) in [6, 6.07) is 14.3. The highest BCUT2D eigenvalue weighted by molar-refractivity contribution is 6.31. The third-order valence-corrected chi connectivity index (χ3v) is 4.36. The van der Waals surface area contributed by atoms with E-state index in [4.69, 9.17) is 11.6 Å². The van der Waals surface area contributed by atoms with E-state index in [2.05, 4.69) is 29.6 Å². The molecule has 2 aromatic rings. The van der Waals surface area contributed by atoms with Gasteiger partial charge in [0.25, 0.3) is 0 Å². The van der Waals surface area contributed by atoms with Crippen molar-refractivity contribution in [3.05, 3.63) is 64.2 Å². The summed E-state index contributed by atoms with van der Waals surface area (Å²) in [7, 11) is 0. The minimum Gasteiger partial charge on any atom is -0.508 e. The zero-order valence-corrected chi connectivity index (χ0v) is 12.0. The van der Waals surface area contributed by atoms with Crippen LogP contribution in [0.5, 0.6) is 5.75 Å². The van der Waals surface area contributed by atoms with Gasteiger partial charge in [0.15, 0.2) is 0 Å². The van der Waals surface area contributed by atoms with Crippen LogP contribution in [-0.2, 0) is 19.4 Å². The van der Waals surface area contributed by atoms with E-state index in [1.165, 1.54) is 11.1 Å². The molecule has 0 spiro atoms. The van der Waals surface area contributed by atoms with Crippen molar-refractivity contribution < 1.29 is 5.11 Å². The molecule has 0 fully saturated rings. The smallest absolute Gasteiger partial charge is 0.121 e. The van der Waals surface area contributed by atoms with Gasteiger partial charge in [-0.3, -0.25) is 0 Å². The van der Waals surface area contributed by atoms with Crippen LogP contribution in [0.1, 0.15) is 23.1 Å². The van der Waals surface area contributed by atoms with Gasteiger partial charge < -0.3 is 10.4 Å². The largest absolute Gasteiger partial charge is 0.508 e. The number of phenolic OH excluding ortho intramolecular Hbond substituents is 1. The molecule has 2 aromatic carbocycles. The topological polar surface area (TPSA) is 32.3 Å². The summed E-state index contributed by atoms with van der Waals surface area (Å²) < 4.78 is 0. The van der Waals surface area contributed by atoms with Crippen molar-refractivity contribution in [2.24, 2.45) is 0 Å².